The highest BCUT2D eigenvalue weighted by Crippen LogP contribution is 2.47. The van der Waals surface area contributed by atoms with E-state index in [0.717, 1.165) is 41.2 Å². The molecule has 1 aromatic heterocycles. The number of hydrogen-bond acceptors (Lipinski definition) is 8. The van der Waals surface area contributed by atoms with Gasteiger partial charge in [0.05, 0.1) is 21.3 Å². The number of nitrogens with one attached hydrogen (secondary N) is 1. The maximum Gasteiger partial charge on any atom is 0.226 e. The van der Waals surface area contributed by atoms with Crippen LogP contribution in [0.5, 0.6) is 17.2 Å². The van der Waals surface area contributed by atoms with Crippen molar-refractivity contribution in [2.45, 2.75) is 38.6 Å². The number of carbonyl (C=O) groups is 1. The van der Waals surface area contributed by atoms with Crippen molar-refractivity contribution in [3.8, 4) is 17.2 Å². The van der Waals surface area contributed by atoms with Gasteiger partial charge in [0.15, 0.2) is 17.3 Å². The third-order valence-corrected chi connectivity index (χ3v) is 7.36. The van der Waals surface area contributed by atoms with Gasteiger partial charge in [-0.05, 0) is 61.6 Å². The summed E-state index contributed by atoms with van der Waals surface area (Å²) < 4.78 is 18.4. The average Bonchev–Trinajstić information content (AvgIpc) is 3.40. The van der Waals surface area contributed by atoms with E-state index in [4.69, 9.17) is 14.2 Å². The fraction of sp³-hybridized carbons (Fsp3) is 0.393. The van der Waals surface area contributed by atoms with Crippen LogP contribution in [0.25, 0.3) is 0 Å². The number of ether oxygens (including phenoxy) is 3. The van der Waals surface area contributed by atoms with Crippen molar-refractivity contribution in [2.75, 3.05) is 44.6 Å². The predicted octanol–water partition coefficient (Wildman–Crippen LogP) is 4.57. The fourth-order valence-corrected chi connectivity index (χ4v) is 5.49. The van der Waals surface area contributed by atoms with Crippen molar-refractivity contribution in [3.05, 3.63) is 65.1 Å². The first-order valence-corrected chi connectivity index (χ1v) is 12.6. The number of methoxy groups -OCH3 is 3. The second-order valence-corrected chi connectivity index (χ2v) is 9.20. The molecule has 9 heteroatoms. The van der Waals surface area contributed by atoms with Crippen LogP contribution >= 0.6 is 0 Å². The maximum absolute atomic E-state index is 13.8. The second-order valence-electron chi connectivity index (χ2n) is 9.20. The molecule has 3 aromatic rings. The molecule has 2 aromatic carbocycles. The molecule has 0 spiro atoms. The lowest BCUT2D eigenvalue weighted by atomic mass is 9.77. The van der Waals surface area contributed by atoms with E-state index in [2.05, 4.69) is 58.4 Å². The third-order valence-electron chi connectivity index (χ3n) is 7.36. The van der Waals surface area contributed by atoms with E-state index in [9.17, 15) is 4.79 Å². The lowest BCUT2D eigenvalue weighted by molar-refractivity contribution is -0.116. The molecule has 5 rings (SSSR count). The van der Waals surface area contributed by atoms with Gasteiger partial charge < -0.3 is 24.4 Å². The highest BCUT2D eigenvalue weighted by atomic mass is 16.5. The van der Waals surface area contributed by atoms with Crippen molar-refractivity contribution in [1.29, 1.82) is 0 Å². The van der Waals surface area contributed by atoms with E-state index in [0.29, 0.717) is 36.0 Å². The first-order chi connectivity index (χ1) is 18.0. The fourth-order valence-electron chi connectivity index (χ4n) is 5.49. The molecule has 2 atom stereocenters. The van der Waals surface area contributed by atoms with E-state index < -0.39 is 0 Å². The average molecular weight is 504 g/mol. The number of ketones is 1. The van der Waals surface area contributed by atoms with Gasteiger partial charge in [-0.3, -0.25) is 4.79 Å². The highest BCUT2D eigenvalue weighted by molar-refractivity contribution is 6.00. The molecule has 0 saturated carbocycles. The molecular weight excluding hydrogens is 470 g/mol. The number of anilines is 2. The van der Waals surface area contributed by atoms with Crippen molar-refractivity contribution in [2.24, 2.45) is 0 Å². The Bertz CT molecular complexity index is 1300. The molecule has 1 N–H and O–H groups in total. The summed E-state index contributed by atoms with van der Waals surface area (Å²) in [6.07, 6.45) is 2.55. The first-order valence-electron chi connectivity index (χ1n) is 12.6. The van der Waals surface area contributed by atoms with E-state index >= 15 is 0 Å². The summed E-state index contributed by atoms with van der Waals surface area (Å²) >= 11 is 0. The van der Waals surface area contributed by atoms with Gasteiger partial charge in [0.2, 0.25) is 11.7 Å². The molecule has 37 heavy (non-hydrogen) atoms. The van der Waals surface area contributed by atoms with Crippen LogP contribution in [0.2, 0.25) is 0 Å². The number of aromatic nitrogens is 3. The molecule has 2 heterocycles. The summed E-state index contributed by atoms with van der Waals surface area (Å²) in [4.78, 5) is 20.5. The molecule has 2 aliphatic rings. The molecule has 0 radical (unpaired) electrons. The quantitative estimate of drug-likeness (QED) is 0.478. The zero-order valence-corrected chi connectivity index (χ0v) is 21.9. The largest absolute Gasteiger partial charge is 0.493 e. The monoisotopic (exact) mass is 503 g/mol. The molecular formula is C28H33N5O4. The molecule has 194 valence electrons. The maximum atomic E-state index is 13.8. The Hall–Kier alpha value is -4.01. The molecule has 0 amide bonds. The van der Waals surface area contributed by atoms with Gasteiger partial charge in [-0.2, -0.15) is 10.1 Å². The Labute approximate surface area is 217 Å². The molecule has 1 aliphatic carbocycles. The van der Waals surface area contributed by atoms with E-state index in [-0.39, 0.29) is 17.7 Å². The molecule has 1 aliphatic heterocycles. The molecule has 0 bridgehead atoms. The SMILES string of the molecule is CCN(CC)c1ccc([C@H]2C3=C(C[C@@H](c4cc(OC)c(OC)c(OC)c4)CC3=O)Nc3ncnn32)cc1. The zero-order valence-electron chi connectivity index (χ0n) is 21.9. The Morgan fingerprint density at radius 2 is 1.65 bits per heavy atom. The van der Waals surface area contributed by atoms with Gasteiger partial charge in [0.25, 0.3) is 0 Å². The van der Waals surface area contributed by atoms with E-state index in [1.54, 1.807) is 21.3 Å². The van der Waals surface area contributed by atoms with Crippen LogP contribution < -0.4 is 24.4 Å². The minimum atomic E-state index is -0.326. The molecule has 0 fully saturated rings. The van der Waals surface area contributed by atoms with E-state index in [1.807, 2.05) is 16.8 Å². The molecule has 9 nitrogen and oxygen atoms in total. The normalized spacial score (nSPS) is 18.6. The molecule has 0 unspecified atom stereocenters. The van der Waals surface area contributed by atoms with Gasteiger partial charge in [-0.1, -0.05) is 12.1 Å². The smallest absolute Gasteiger partial charge is 0.226 e. The van der Waals surface area contributed by atoms with Gasteiger partial charge in [-0.15, -0.1) is 0 Å². The summed E-state index contributed by atoms with van der Waals surface area (Å²) in [6, 6.07) is 12.0. The van der Waals surface area contributed by atoms with Crippen molar-refractivity contribution >= 4 is 17.4 Å². The van der Waals surface area contributed by atoms with Crippen LogP contribution in [0.4, 0.5) is 11.6 Å². The van der Waals surface area contributed by atoms with Crippen LogP contribution in [0.3, 0.4) is 0 Å². The number of rotatable bonds is 8. The number of carbonyl (C=O) groups excluding carboxylic acids is 1. The van der Waals surface area contributed by atoms with Crippen LogP contribution in [-0.4, -0.2) is 55.0 Å². The number of allylic oxidation sites excluding steroid dienone is 2. The van der Waals surface area contributed by atoms with Crippen LogP contribution in [-0.2, 0) is 4.79 Å². The van der Waals surface area contributed by atoms with Gasteiger partial charge in [-0.25, -0.2) is 4.68 Å². The Morgan fingerprint density at radius 3 is 2.24 bits per heavy atom. The summed E-state index contributed by atoms with van der Waals surface area (Å²) in [5.74, 6) is 2.36. The van der Waals surface area contributed by atoms with Crippen molar-refractivity contribution in [3.63, 3.8) is 0 Å². The Kier molecular flexibility index (Phi) is 6.78. The van der Waals surface area contributed by atoms with Gasteiger partial charge in [0.1, 0.15) is 12.4 Å². The topological polar surface area (TPSA) is 90.7 Å². The minimum Gasteiger partial charge on any atom is -0.493 e. The summed E-state index contributed by atoms with van der Waals surface area (Å²) in [7, 11) is 4.77. The number of fused-ring (bicyclic) bond motifs is 1. The highest BCUT2D eigenvalue weighted by Gasteiger charge is 2.39. The first kappa shape index (κ1) is 24.7. The van der Waals surface area contributed by atoms with E-state index in [1.165, 1.54) is 6.33 Å². The Morgan fingerprint density at radius 1 is 0.973 bits per heavy atom. The lowest BCUT2D eigenvalue weighted by Crippen LogP contribution is -2.33. The van der Waals surface area contributed by atoms with Crippen molar-refractivity contribution < 1.29 is 19.0 Å². The van der Waals surface area contributed by atoms with Crippen LogP contribution in [0.15, 0.2) is 54.0 Å². The van der Waals surface area contributed by atoms with Crippen LogP contribution in [0.1, 0.15) is 49.8 Å². The predicted molar refractivity (Wildman–Crippen MR) is 142 cm³/mol. The number of benzene rings is 2. The lowest BCUT2D eigenvalue weighted by Gasteiger charge is -2.35. The summed E-state index contributed by atoms with van der Waals surface area (Å²) in [6.45, 7) is 6.17. The third kappa shape index (κ3) is 4.28. The minimum absolute atomic E-state index is 0.0485. The van der Waals surface area contributed by atoms with Crippen LogP contribution in [0, 0.1) is 0 Å². The van der Waals surface area contributed by atoms with Gasteiger partial charge >= 0.3 is 0 Å². The van der Waals surface area contributed by atoms with Gasteiger partial charge in [0, 0.05) is 36.5 Å². The number of hydrogen-bond donors (Lipinski definition) is 1. The Balaban J connectivity index is 1.53. The second kappa shape index (κ2) is 10.2. The summed E-state index contributed by atoms with van der Waals surface area (Å²) in [5.41, 5.74) is 4.76. The number of Topliss-reactive ketones (excluding diaryl/α,β-unsaturated/α-hetero) is 1. The zero-order chi connectivity index (χ0) is 26.1. The standard InChI is InChI=1S/C28H33N5O4/c1-6-32(7-2)20-10-8-17(9-11-20)26-25-21(31-28-29-16-30-33(26)28)12-18(13-22(25)34)19-14-23(35-3)27(37-5)24(15-19)36-4/h8-11,14-16,18,26H,6-7,12-13H2,1-5H3,(H,29,30,31)/t18-,26+/m1/s1. The molecule has 0 saturated heterocycles. The number of nitrogens with zero attached hydrogens (tertiary/aromatic N) is 4. The van der Waals surface area contributed by atoms with Crippen molar-refractivity contribution in [1.82, 2.24) is 14.8 Å². The summed E-state index contributed by atoms with van der Waals surface area (Å²) in [5, 5.41) is 7.86.